The summed E-state index contributed by atoms with van der Waals surface area (Å²) < 4.78 is 6.86. The van der Waals surface area contributed by atoms with Crippen LogP contribution in [0, 0.1) is 13.8 Å². The van der Waals surface area contributed by atoms with Crippen LogP contribution in [0.3, 0.4) is 0 Å². The van der Waals surface area contributed by atoms with Gasteiger partial charge < -0.3 is 10.1 Å². The largest absolute Gasteiger partial charge is 0.497 e. The number of carbonyl (C=O) groups excluding carboxylic acids is 1. The van der Waals surface area contributed by atoms with Crippen LogP contribution in [0.15, 0.2) is 47.6 Å². The molecule has 0 aliphatic heterocycles. The van der Waals surface area contributed by atoms with E-state index in [0.29, 0.717) is 11.7 Å². The summed E-state index contributed by atoms with van der Waals surface area (Å²) in [6.45, 7) is 6.67. The molecule has 8 heteroatoms. The Morgan fingerprint density at radius 3 is 2.62 bits per heavy atom. The van der Waals surface area contributed by atoms with Crippen molar-refractivity contribution in [1.82, 2.24) is 25.5 Å². The standard InChI is InChI=1S/C21H25N5O2S/c1-14-5-8-18(11-15(14)2)16(3)22-20(27)13-29-21-23-24-25-26(21)12-17-6-9-19(28-4)10-7-17/h5-11,16H,12-13H2,1-4H3,(H,22,27). The molecular weight excluding hydrogens is 386 g/mol. The van der Waals surface area contributed by atoms with Crippen LogP contribution in [0.2, 0.25) is 0 Å². The molecule has 0 aliphatic carbocycles. The number of thioether (sulfide) groups is 1. The second-order valence-corrected chi connectivity index (χ2v) is 7.83. The van der Waals surface area contributed by atoms with Crippen molar-refractivity contribution in [2.24, 2.45) is 0 Å². The first-order valence-electron chi connectivity index (χ1n) is 9.34. The number of amides is 1. The highest BCUT2D eigenvalue weighted by atomic mass is 32.2. The zero-order valence-electron chi connectivity index (χ0n) is 17.0. The van der Waals surface area contributed by atoms with Gasteiger partial charge in [0, 0.05) is 0 Å². The third-order valence-corrected chi connectivity index (χ3v) is 5.69. The average molecular weight is 412 g/mol. The Balaban J connectivity index is 1.55. The maximum Gasteiger partial charge on any atom is 0.230 e. The van der Waals surface area contributed by atoms with Crippen molar-refractivity contribution in [2.45, 2.75) is 38.5 Å². The van der Waals surface area contributed by atoms with Crippen molar-refractivity contribution in [3.63, 3.8) is 0 Å². The zero-order valence-corrected chi connectivity index (χ0v) is 17.9. The smallest absolute Gasteiger partial charge is 0.230 e. The van der Waals surface area contributed by atoms with E-state index in [2.05, 4.69) is 52.9 Å². The molecular formula is C21H25N5O2S. The molecule has 7 nitrogen and oxygen atoms in total. The van der Waals surface area contributed by atoms with Crippen LogP contribution in [0.4, 0.5) is 0 Å². The van der Waals surface area contributed by atoms with E-state index in [0.717, 1.165) is 16.9 Å². The molecule has 1 unspecified atom stereocenters. The Morgan fingerprint density at radius 1 is 1.17 bits per heavy atom. The number of ether oxygens (including phenoxy) is 1. The molecule has 0 bridgehead atoms. The van der Waals surface area contributed by atoms with E-state index >= 15 is 0 Å². The summed E-state index contributed by atoms with van der Waals surface area (Å²) in [6, 6.07) is 13.9. The fourth-order valence-electron chi connectivity index (χ4n) is 2.83. The number of benzene rings is 2. The van der Waals surface area contributed by atoms with Gasteiger partial charge in [-0.05, 0) is 65.6 Å². The van der Waals surface area contributed by atoms with Gasteiger partial charge in [0.15, 0.2) is 0 Å². The number of rotatable bonds is 8. The van der Waals surface area contributed by atoms with E-state index in [1.165, 1.54) is 22.9 Å². The van der Waals surface area contributed by atoms with Gasteiger partial charge in [0.05, 0.1) is 25.4 Å². The van der Waals surface area contributed by atoms with Crippen LogP contribution in [-0.4, -0.2) is 39.0 Å². The van der Waals surface area contributed by atoms with Gasteiger partial charge >= 0.3 is 0 Å². The molecule has 1 heterocycles. The van der Waals surface area contributed by atoms with Crippen LogP contribution in [0.25, 0.3) is 0 Å². The summed E-state index contributed by atoms with van der Waals surface area (Å²) in [6.07, 6.45) is 0. The lowest BCUT2D eigenvalue weighted by Crippen LogP contribution is -2.28. The van der Waals surface area contributed by atoms with E-state index in [1.54, 1.807) is 11.8 Å². The quantitative estimate of drug-likeness (QED) is 0.573. The summed E-state index contributed by atoms with van der Waals surface area (Å²) in [5, 5.41) is 15.5. The van der Waals surface area contributed by atoms with E-state index in [9.17, 15) is 4.79 Å². The second kappa shape index (κ2) is 9.56. The molecule has 1 amide bonds. The first-order chi connectivity index (χ1) is 14.0. The van der Waals surface area contributed by atoms with Crippen LogP contribution in [0.1, 0.15) is 35.2 Å². The van der Waals surface area contributed by atoms with E-state index in [4.69, 9.17) is 4.74 Å². The highest BCUT2D eigenvalue weighted by Crippen LogP contribution is 2.19. The Labute approximate surface area is 174 Å². The number of nitrogens with one attached hydrogen (secondary N) is 1. The summed E-state index contributed by atoms with van der Waals surface area (Å²) in [5.41, 5.74) is 4.60. The van der Waals surface area contributed by atoms with Crippen LogP contribution >= 0.6 is 11.8 Å². The van der Waals surface area contributed by atoms with Crippen molar-refractivity contribution in [3.8, 4) is 5.75 Å². The normalized spacial score (nSPS) is 11.9. The van der Waals surface area contributed by atoms with Gasteiger partial charge in [0.1, 0.15) is 5.75 Å². The topological polar surface area (TPSA) is 81.9 Å². The van der Waals surface area contributed by atoms with Gasteiger partial charge in [-0.1, -0.05) is 42.1 Å². The molecule has 3 rings (SSSR count). The van der Waals surface area contributed by atoms with Gasteiger partial charge in [-0.25, -0.2) is 4.68 Å². The molecule has 2 aromatic carbocycles. The first kappa shape index (κ1) is 20.9. The van der Waals surface area contributed by atoms with Gasteiger partial charge in [-0.15, -0.1) is 5.10 Å². The number of hydrogen-bond donors (Lipinski definition) is 1. The lowest BCUT2D eigenvalue weighted by atomic mass is 10.0. The number of aryl methyl sites for hydroxylation is 2. The molecule has 29 heavy (non-hydrogen) atoms. The van der Waals surface area contributed by atoms with Crippen molar-refractivity contribution < 1.29 is 9.53 Å². The lowest BCUT2D eigenvalue weighted by Gasteiger charge is -2.15. The van der Waals surface area contributed by atoms with E-state index in [1.807, 2.05) is 31.2 Å². The van der Waals surface area contributed by atoms with Crippen LogP contribution < -0.4 is 10.1 Å². The SMILES string of the molecule is COc1ccc(Cn2nnnc2SCC(=O)NC(C)c2ccc(C)c(C)c2)cc1. The highest BCUT2D eigenvalue weighted by molar-refractivity contribution is 7.99. The fraction of sp³-hybridized carbons (Fsp3) is 0.333. The van der Waals surface area contributed by atoms with Gasteiger partial charge in [-0.3, -0.25) is 4.79 Å². The number of nitrogens with zero attached hydrogens (tertiary/aromatic N) is 4. The summed E-state index contributed by atoms with van der Waals surface area (Å²) >= 11 is 1.32. The first-order valence-corrected chi connectivity index (χ1v) is 10.3. The number of aromatic nitrogens is 4. The highest BCUT2D eigenvalue weighted by Gasteiger charge is 2.14. The minimum absolute atomic E-state index is 0.0558. The number of carbonyl (C=O) groups is 1. The zero-order chi connectivity index (χ0) is 20.8. The fourth-order valence-corrected chi connectivity index (χ4v) is 3.52. The molecule has 152 valence electrons. The average Bonchev–Trinajstić information content (AvgIpc) is 3.16. The molecule has 0 radical (unpaired) electrons. The third-order valence-electron chi connectivity index (χ3n) is 4.73. The Hall–Kier alpha value is -2.87. The molecule has 1 N–H and O–H groups in total. The van der Waals surface area contributed by atoms with Gasteiger partial charge in [0.2, 0.25) is 11.1 Å². The molecule has 0 aliphatic rings. The minimum Gasteiger partial charge on any atom is -0.497 e. The van der Waals surface area contributed by atoms with E-state index < -0.39 is 0 Å². The molecule has 0 saturated carbocycles. The molecule has 0 saturated heterocycles. The Bertz CT molecular complexity index is 971. The summed E-state index contributed by atoms with van der Waals surface area (Å²) in [5.74, 6) is 0.993. The molecule has 1 aromatic heterocycles. The van der Waals surface area contributed by atoms with Crippen LogP contribution in [0.5, 0.6) is 5.75 Å². The molecule has 3 aromatic rings. The van der Waals surface area contributed by atoms with Crippen LogP contribution in [-0.2, 0) is 11.3 Å². The monoisotopic (exact) mass is 411 g/mol. The molecule has 1 atom stereocenters. The number of methoxy groups -OCH3 is 1. The molecule has 0 spiro atoms. The number of hydrogen-bond acceptors (Lipinski definition) is 6. The van der Waals surface area contributed by atoms with Gasteiger partial charge in [-0.2, -0.15) is 0 Å². The maximum atomic E-state index is 12.4. The third kappa shape index (κ3) is 5.57. The van der Waals surface area contributed by atoms with Crippen molar-refractivity contribution >= 4 is 17.7 Å². The predicted molar refractivity (Wildman–Crippen MR) is 113 cm³/mol. The molecule has 0 fully saturated rings. The number of tetrazole rings is 1. The van der Waals surface area contributed by atoms with E-state index in [-0.39, 0.29) is 17.7 Å². The summed E-state index contributed by atoms with van der Waals surface area (Å²) in [4.78, 5) is 12.4. The second-order valence-electron chi connectivity index (χ2n) is 6.89. The summed E-state index contributed by atoms with van der Waals surface area (Å²) in [7, 11) is 1.64. The Morgan fingerprint density at radius 2 is 1.93 bits per heavy atom. The minimum atomic E-state index is -0.0577. The Kier molecular flexibility index (Phi) is 6.87. The maximum absolute atomic E-state index is 12.4. The van der Waals surface area contributed by atoms with Crippen molar-refractivity contribution in [3.05, 3.63) is 64.7 Å². The van der Waals surface area contributed by atoms with Gasteiger partial charge in [0.25, 0.3) is 0 Å². The van der Waals surface area contributed by atoms with Crippen molar-refractivity contribution in [2.75, 3.05) is 12.9 Å². The predicted octanol–water partition coefficient (Wildman–Crippen LogP) is 3.32. The lowest BCUT2D eigenvalue weighted by molar-refractivity contribution is -0.119. The van der Waals surface area contributed by atoms with Crippen molar-refractivity contribution in [1.29, 1.82) is 0 Å².